The number of nitrogens with one attached hydrogen (secondary N) is 1. The minimum Gasteiger partial charge on any atom is -0.489 e. The first-order chi connectivity index (χ1) is 16.7. The van der Waals surface area contributed by atoms with E-state index in [1.54, 1.807) is 0 Å². The topological polar surface area (TPSA) is 38.3 Å². The standard InChI is InChI=1S/C30H24ClNO2/c31-21-9-5-7-19(17-21)18-34-27-14-4-3-11-23(27)30-29-24(12-6-13-26(29)33)28-22-10-2-1-8-20(22)15-16-25(28)32-30/h1-5,7-11,14-17,30,32H,6,12-13,18H2/t30-/m1/s1. The summed E-state index contributed by atoms with van der Waals surface area (Å²) >= 11 is 6.15. The van der Waals surface area contributed by atoms with E-state index in [1.807, 2.05) is 42.5 Å². The van der Waals surface area contributed by atoms with Crippen LogP contribution < -0.4 is 10.1 Å². The van der Waals surface area contributed by atoms with Crippen molar-refractivity contribution in [1.29, 1.82) is 0 Å². The predicted molar refractivity (Wildman–Crippen MR) is 138 cm³/mol. The third kappa shape index (κ3) is 3.66. The number of carbonyl (C=O) groups excluding carboxylic acids is 1. The molecule has 6 rings (SSSR count). The van der Waals surface area contributed by atoms with Crippen molar-refractivity contribution in [3.05, 3.63) is 112 Å². The minimum atomic E-state index is -0.243. The van der Waals surface area contributed by atoms with Gasteiger partial charge in [0.05, 0.1) is 6.04 Å². The summed E-state index contributed by atoms with van der Waals surface area (Å²) < 4.78 is 6.27. The molecule has 2 aliphatic rings. The number of benzene rings is 4. The number of carbonyl (C=O) groups is 1. The van der Waals surface area contributed by atoms with Gasteiger partial charge < -0.3 is 10.1 Å². The van der Waals surface area contributed by atoms with Crippen molar-refractivity contribution in [2.24, 2.45) is 0 Å². The van der Waals surface area contributed by atoms with Crippen molar-refractivity contribution in [3.8, 4) is 5.75 Å². The molecule has 0 fully saturated rings. The van der Waals surface area contributed by atoms with Crippen molar-refractivity contribution in [2.45, 2.75) is 31.9 Å². The van der Waals surface area contributed by atoms with E-state index < -0.39 is 0 Å². The maximum Gasteiger partial charge on any atom is 0.161 e. The van der Waals surface area contributed by atoms with Crippen molar-refractivity contribution in [3.63, 3.8) is 0 Å². The fourth-order valence-corrected chi connectivity index (χ4v) is 5.49. The van der Waals surface area contributed by atoms with E-state index in [2.05, 4.69) is 47.8 Å². The number of fused-ring (bicyclic) bond motifs is 4. The average Bonchev–Trinajstić information content (AvgIpc) is 2.87. The molecule has 3 nitrogen and oxygen atoms in total. The second-order valence-corrected chi connectivity index (χ2v) is 9.35. The van der Waals surface area contributed by atoms with Crippen LogP contribution in [0.4, 0.5) is 5.69 Å². The lowest BCUT2D eigenvalue weighted by Crippen LogP contribution is -2.27. The summed E-state index contributed by atoms with van der Waals surface area (Å²) in [5.74, 6) is 0.997. The zero-order valence-corrected chi connectivity index (χ0v) is 19.4. The molecule has 1 heterocycles. The van der Waals surface area contributed by atoms with Crippen LogP contribution in [-0.4, -0.2) is 5.78 Å². The summed E-state index contributed by atoms with van der Waals surface area (Å²) in [5.41, 5.74) is 6.29. The Morgan fingerprint density at radius 2 is 1.76 bits per heavy atom. The van der Waals surface area contributed by atoms with Gasteiger partial charge >= 0.3 is 0 Å². The van der Waals surface area contributed by atoms with Gasteiger partial charge in [0.15, 0.2) is 5.78 Å². The first kappa shape index (κ1) is 21.0. The van der Waals surface area contributed by atoms with Crippen molar-refractivity contribution in [2.75, 3.05) is 5.32 Å². The first-order valence-corrected chi connectivity index (χ1v) is 12.1. The Hall–Kier alpha value is -3.56. The van der Waals surface area contributed by atoms with Crippen LogP contribution in [0.5, 0.6) is 5.75 Å². The number of rotatable bonds is 4. The maximum absolute atomic E-state index is 13.3. The van der Waals surface area contributed by atoms with Gasteiger partial charge in [-0.05, 0) is 59.0 Å². The van der Waals surface area contributed by atoms with Crippen LogP contribution >= 0.6 is 11.6 Å². The molecule has 1 atom stereocenters. The first-order valence-electron chi connectivity index (χ1n) is 11.7. The van der Waals surface area contributed by atoms with E-state index in [-0.39, 0.29) is 11.8 Å². The Balaban J connectivity index is 1.45. The highest BCUT2D eigenvalue weighted by atomic mass is 35.5. The molecule has 0 amide bonds. The van der Waals surface area contributed by atoms with E-state index in [9.17, 15) is 4.79 Å². The lowest BCUT2D eigenvalue weighted by molar-refractivity contribution is -0.116. The number of hydrogen-bond donors (Lipinski definition) is 1. The molecule has 34 heavy (non-hydrogen) atoms. The summed E-state index contributed by atoms with van der Waals surface area (Å²) in [4.78, 5) is 13.3. The Morgan fingerprint density at radius 1 is 0.912 bits per heavy atom. The van der Waals surface area contributed by atoms with Crippen LogP contribution in [0.1, 0.15) is 42.0 Å². The summed E-state index contributed by atoms with van der Waals surface area (Å²) in [6.07, 6.45) is 2.38. The predicted octanol–water partition coefficient (Wildman–Crippen LogP) is 7.75. The van der Waals surface area contributed by atoms with E-state index in [1.165, 1.54) is 21.9 Å². The minimum absolute atomic E-state index is 0.224. The smallest absolute Gasteiger partial charge is 0.161 e. The molecule has 1 aliphatic carbocycles. The molecule has 4 aromatic carbocycles. The number of allylic oxidation sites excluding steroid dienone is 1. The van der Waals surface area contributed by atoms with Gasteiger partial charge in [0.2, 0.25) is 0 Å². The highest BCUT2D eigenvalue weighted by Crippen LogP contribution is 2.49. The van der Waals surface area contributed by atoms with E-state index in [0.717, 1.165) is 41.0 Å². The van der Waals surface area contributed by atoms with Gasteiger partial charge in [0, 0.05) is 33.8 Å². The van der Waals surface area contributed by atoms with E-state index in [0.29, 0.717) is 18.1 Å². The molecule has 0 saturated heterocycles. The second kappa shape index (κ2) is 8.66. The quantitative estimate of drug-likeness (QED) is 0.335. The molecule has 0 spiro atoms. The van der Waals surface area contributed by atoms with Crippen LogP contribution in [0.25, 0.3) is 16.3 Å². The summed E-state index contributed by atoms with van der Waals surface area (Å²) in [5, 5.41) is 6.78. The van der Waals surface area contributed by atoms with E-state index >= 15 is 0 Å². The number of hydrogen-bond acceptors (Lipinski definition) is 3. The molecule has 0 saturated carbocycles. The monoisotopic (exact) mass is 465 g/mol. The highest BCUT2D eigenvalue weighted by molar-refractivity contribution is 6.30. The molecule has 1 aliphatic heterocycles. The highest BCUT2D eigenvalue weighted by Gasteiger charge is 2.36. The number of ketones is 1. The van der Waals surface area contributed by atoms with Crippen LogP contribution in [-0.2, 0) is 11.4 Å². The van der Waals surface area contributed by atoms with Gasteiger partial charge in [-0.2, -0.15) is 0 Å². The Bertz CT molecular complexity index is 1460. The van der Waals surface area contributed by atoms with Gasteiger partial charge in [0.25, 0.3) is 0 Å². The third-order valence-electron chi connectivity index (χ3n) is 6.79. The van der Waals surface area contributed by atoms with Gasteiger partial charge in [-0.3, -0.25) is 4.79 Å². The third-order valence-corrected chi connectivity index (χ3v) is 7.02. The zero-order chi connectivity index (χ0) is 23.1. The van der Waals surface area contributed by atoms with Crippen molar-refractivity contribution in [1.82, 2.24) is 0 Å². The molecule has 4 aromatic rings. The molecule has 168 valence electrons. The Labute approximate surface area is 204 Å². The number of halogens is 1. The van der Waals surface area contributed by atoms with E-state index in [4.69, 9.17) is 16.3 Å². The van der Waals surface area contributed by atoms with Crippen molar-refractivity contribution >= 4 is 39.4 Å². The zero-order valence-electron chi connectivity index (χ0n) is 18.7. The van der Waals surface area contributed by atoms with Crippen molar-refractivity contribution < 1.29 is 9.53 Å². The molecule has 0 radical (unpaired) electrons. The van der Waals surface area contributed by atoms with Crippen LogP contribution in [0.2, 0.25) is 5.02 Å². The largest absolute Gasteiger partial charge is 0.489 e. The summed E-state index contributed by atoms with van der Waals surface area (Å²) in [7, 11) is 0. The van der Waals surface area contributed by atoms with Gasteiger partial charge in [0.1, 0.15) is 12.4 Å². The number of para-hydroxylation sites is 1. The SMILES string of the molecule is O=C1CCCC2=C1[C@@H](c1ccccc1OCc1cccc(Cl)c1)Nc1ccc3ccccc3c12. The molecule has 0 unspecified atom stereocenters. The van der Waals surface area contributed by atoms with Crippen LogP contribution in [0, 0.1) is 0 Å². The van der Waals surface area contributed by atoms with Gasteiger partial charge in [-0.1, -0.05) is 72.3 Å². The molecular formula is C30H24ClNO2. The summed E-state index contributed by atoms with van der Waals surface area (Å²) in [6.45, 7) is 0.408. The molecule has 0 aromatic heterocycles. The van der Waals surface area contributed by atoms with Gasteiger partial charge in [-0.15, -0.1) is 0 Å². The molecular weight excluding hydrogens is 442 g/mol. The molecule has 4 heteroatoms. The fourth-order valence-electron chi connectivity index (χ4n) is 5.27. The normalized spacial score (nSPS) is 17.2. The maximum atomic E-state index is 13.3. The Morgan fingerprint density at radius 3 is 2.68 bits per heavy atom. The van der Waals surface area contributed by atoms with Crippen LogP contribution in [0.3, 0.4) is 0 Å². The Kier molecular flexibility index (Phi) is 5.35. The lowest BCUT2D eigenvalue weighted by Gasteiger charge is -2.35. The lowest BCUT2D eigenvalue weighted by atomic mass is 9.76. The van der Waals surface area contributed by atoms with Gasteiger partial charge in [-0.25, -0.2) is 0 Å². The summed E-state index contributed by atoms with van der Waals surface area (Å²) in [6, 6.07) is 28.2. The average molecular weight is 466 g/mol. The second-order valence-electron chi connectivity index (χ2n) is 8.91. The number of anilines is 1. The molecule has 0 bridgehead atoms. The number of ether oxygens (including phenoxy) is 1. The van der Waals surface area contributed by atoms with Crippen LogP contribution in [0.15, 0.2) is 90.5 Å². The fraction of sp³-hybridized carbons (Fsp3) is 0.167. The molecule has 1 N–H and O–H groups in total. The number of Topliss-reactive ketones (excluding diaryl/α,β-unsaturated/α-hetero) is 1.